The Labute approximate surface area is 108 Å². The number of ether oxygens (including phenoxy) is 1. The van der Waals surface area contributed by atoms with Crippen molar-refractivity contribution in [3.63, 3.8) is 0 Å². The van der Waals surface area contributed by atoms with E-state index in [-0.39, 0.29) is 17.2 Å². The predicted octanol–water partition coefficient (Wildman–Crippen LogP) is 1.75. The molecule has 1 aromatic carbocycles. The van der Waals surface area contributed by atoms with Crippen LogP contribution in [0.5, 0.6) is 5.75 Å². The molecular formula is C11H10ClN3O3. The van der Waals surface area contributed by atoms with Crippen molar-refractivity contribution >= 4 is 17.6 Å². The summed E-state index contributed by atoms with van der Waals surface area (Å²) in [5.41, 5.74) is 0.117. The minimum absolute atomic E-state index is 0.117. The van der Waals surface area contributed by atoms with E-state index in [0.29, 0.717) is 11.6 Å². The number of benzene rings is 1. The topological polar surface area (TPSA) is 77.2 Å². The van der Waals surface area contributed by atoms with Crippen molar-refractivity contribution < 1.29 is 14.6 Å². The van der Waals surface area contributed by atoms with Crippen LogP contribution in [0.3, 0.4) is 0 Å². The summed E-state index contributed by atoms with van der Waals surface area (Å²) in [5, 5.41) is 12.9. The lowest BCUT2D eigenvalue weighted by molar-refractivity contribution is 0.0697. The van der Waals surface area contributed by atoms with Gasteiger partial charge in [0.15, 0.2) is 5.82 Å². The van der Waals surface area contributed by atoms with Crippen molar-refractivity contribution in [2.24, 2.45) is 7.05 Å². The number of carboxylic acid groups (broad SMARTS) is 1. The molecule has 0 amide bonds. The van der Waals surface area contributed by atoms with Crippen molar-refractivity contribution in [1.82, 2.24) is 14.8 Å². The zero-order chi connectivity index (χ0) is 13.1. The predicted molar refractivity (Wildman–Crippen MR) is 63.7 cm³/mol. The van der Waals surface area contributed by atoms with E-state index in [1.165, 1.54) is 24.5 Å². The highest BCUT2D eigenvalue weighted by Gasteiger charge is 2.09. The molecule has 1 heterocycles. The second kappa shape index (κ2) is 5.05. The van der Waals surface area contributed by atoms with Crippen LogP contribution in [0.1, 0.15) is 16.2 Å². The molecule has 0 fully saturated rings. The highest BCUT2D eigenvalue weighted by atomic mass is 35.5. The molecule has 7 heteroatoms. The number of aromatic carboxylic acids is 1. The summed E-state index contributed by atoms with van der Waals surface area (Å²) in [6.45, 7) is 0.211. The van der Waals surface area contributed by atoms with Crippen LogP contribution in [-0.4, -0.2) is 25.8 Å². The molecule has 2 rings (SSSR count). The Bertz CT molecular complexity index is 583. The standard InChI is InChI=1S/C11H10ClN3O3/c1-15-10(13-6-14-15)5-18-9-3-2-7(11(16)17)4-8(9)12/h2-4,6H,5H2,1H3,(H,16,17). The average molecular weight is 268 g/mol. The second-order valence-corrected chi connectivity index (χ2v) is 3.95. The molecule has 0 aliphatic heterocycles. The van der Waals surface area contributed by atoms with E-state index in [1.54, 1.807) is 11.7 Å². The number of hydrogen-bond acceptors (Lipinski definition) is 4. The van der Waals surface area contributed by atoms with Crippen LogP contribution >= 0.6 is 11.6 Å². The highest BCUT2D eigenvalue weighted by Crippen LogP contribution is 2.26. The molecule has 0 saturated carbocycles. The van der Waals surface area contributed by atoms with Gasteiger partial charge in [0, 0.05) is 7.05 Å². The maximum atomic E-state index is 10.7. The number of halogens is 1. The van der Waals surface area contributed by atoms with Gasteiger partial charge < -0.3 is 9.84 Å². The first-order valence-corrected chi connectivity index (χ1v) is 5.44. The normalized spacial score (nSPS) is 10.3. The first-order chi connectivity index (χ1) is 8.58. The third-order valence-corrected chi connectivity index (χ3v) is 2.64. The fraction of sp³-hybridized carbons (Fsp3) is 0.182. The van der Waals surface area contributed by atoms with Crippen LogP contribution in [0.4, 0.5) is 0 Å². The zero-order valence-corrected chi connectivity index (χ0v) is 10.3. The number of aromatic nitrogens is 3. The minimum Gasteiger partial charge on any atom is -0.484 e. The molecule has 0 atom stereocenters. The molecule has 1 N–H and O–H groups in total. The number of carboxylic acids is 1. The summed E-state index contributed by atoms with van der Waals surface area (Å²) in [7, 11) is 1.75. The fourth-order valence-corrected chi connectivity index (χ4v) is 1.58. The minimum atomic E-state index is -1.03. The average Bonchev–Trinajstić information content (AvgIpc) is 2.73. The maximum absolute atomic E-state index is 10.7. The molecule has 6 nitrogen and oxygen atoms in total. The van der Waals surface area contributed by atoms with E-state index in [2.05, 4.69) is 10.1 Å². The van der Waals surface area contributed by atoms with Crippen LogP contribution in [0.15, 0.2) is 24.5 Å². The van der Waals surface area contributed by atoms with Gasteiger partial charge in [0.05, 0.1) is 10.6 Å². The lowest BCUT2D eigenvalue weighted by atomic mass is 10.2. The molecular weight excluding hydrogens is 258 g/mol. The third-order valence-electron chi connectivity index (χ3n) is 2.34. The van der Waals surface area contributed by atoms with E-state index in [9.17, 15) is 4.79 Å². The SMILES string of the molecule is Cn1ncnc1COc1ccc(C(=O)O)cc1Cl. The summed E-state index contributed by atoms with van der Waals surface area (Å²) in [6, 6.07) is 4.29. The smallest absolute Gasteiger partial charge is 0.335 e. The number of rotatable bonds is 4. The lowest BCUT2D eigenvalue weighted by Gasteiger charge is -2.07. The quantitative estimate of drug-likeness (QED) is 0.913. The number of carbonyl (C=O) groups is 1. The van der Waals surface area contributed by atoms with E-state index in [4.69, 9.17) is 21.4 Å². The van der Waals surface area contributed by atoms with Crippen LogP contribution in [-0.2, 0) is 13.7 Å². The Balaban J connectivity index is 2.11. The maximum Gasteiger partial charge on any atom is 0.335 e. The van der Waals surface area contributed by atoms with E-state index in [1.807, 2.05) is 0 Å². The molecule has 0 radical (unpaired) electrons. The van der Waals surface area contributed by atoms with Gasteiger partial charge in [-0.25, -0.2) is 9.78 Å². The number of hydrogen-bond donors (Lipinski definition) is 1. The molecule has 2 aromatic rings. The largest absolute Gasteiger partial charge is 0.484 e. The Morgan fingerprint density at radius 1 is 1.56 bits per heavy atom. The van der Waals surface area contributed by atoms with Crippen LogP contribution in [0, 0.1) is 0 Å². The summed E-state index contributed by atoms with van der Waals surface area (Å²) in [6.07, 6.45) is 1.42. The van der Waals surface area contributed by atoms with Gasteiger partial charge in [-0.3, -0.25) is 4.68 Å². The Morgan fingerprint density at radius 3 is 2.89 bits per heavy atom. The van der Waals surface area contributed by atoms with E-state index >= 15 is 0 Å². The van der Waals surface area contributed by atoms with Crippen LogP contribution in [0.2, 0.25) is 5.02 Å². The van der Waals surface area contributed by atoms with Gasteiger partial charge in [-0.2, -0.15) is 5.10 Å². The number of nitrogens with zero attached hydrogens (tertiary/aromatic N) is 3. The highest BCUT2D eigenvalue weighted by molar-refractivity contribution is 6.32. The first kappa shape index (κ1) is 12.4. The van der Waals surface area contributed by atoms with Crippen molar-refractivity contribution in [1.29, 1.82) is 0 Å². The van der Waals surface area contributed by atoms with Crippen LogP contribution in [0.25, 0.3) is 0 Å². The zero-order valence-electron chi connectivity index (χ0n) is 9.50. The van der Waals surface area contributed by atoms with Gasteiger partial charge in [0.2, 0.25) is 0 Å². The van der Waals surface area contributed by atoms with Gasteiger partial charge in [0.1, 0.15) is 18.7 Å². The molecule has 18 heavy (non-hydrogen) atoms. The molecule has 0 unspecified atom stereocenters. The van der Waals surface area contributed by atoms with Gasteiger partial charge >= 0.3 is 5.97 Å². The van der Waals surface area contributed by atoms with Gasteiger partial charge in [-0.15, -0.1) is 0 Å². The Kier molecular flexibility index (Phi) is 3.47. The van der Waals surface area contributed by atoms with E-state index in [0.717, 1.165) is 0 Å². The summed E-state index contributed by atoms with van der Waals surface area (Å²) >= 11 is 5.92. The van der Waals surface area contributed by atoms with Gasteiger partial charge in [-0.1, -0.05) is 11.6 Å². The van der Waals surface area contributed by atoms with Gasteiger partial charge in [-0.05, 0) is 18.2 Å². The monoisotopic (exact) mass is 267 g/mol. The molecule has 0 spiro atoms. The van der Waals surface area contributed by atoms with Crippen molar-refractivity contribution in [3.8, 4) is 5.75 Å². The second-order valence-electron chi connectivity index (χ2n) is 3.54. The summed E-state index contributed by atoms with van der Waals surface area (Å²) in [4.78, 5) is 14.7. The fourth-order valence-electron chi connectivity index (χ4n) is 1.34. The number of aryl methyl sites for hydroxylation is 1. The van der Waals surface area contributed by atoms with Crippen LogP contribution < -0.4 is 4.74 Å². The Hall–Kier alpha value is -2.08. The molecule has 0 saturated heterocycles. The lowest BCUT2D eigenvalue weighted by Crippen LogP contribution is -2.05. The first-order valence-electron chi connectivity index (χ1n) is 5.06. The van der Waals surface area contributed by atoms with Crippen molar-refractivity contribution in [3.05, 3.63) is 40.9 Å². The molecule has 0 aliphatic carbocycles. The molecule has 1 aromatic heterocycles. The molecule has 94 valence electrons. The van der Waals surface area contributed by atoms with Crippen molar-refractivity contribution in [2.45, 2.75) is 6.61 Å². The molecule has 0 aliphatic rings. The van der Waals surface area contributed by atoms with Crippen molar-refractivity contribution in [2.75, 3.05) is 0 Å². The molecule has 0 bridgehead atoms. The van der Waals surface area contributed by atoms with E-state index < -0.39 is 5.97 Å². The summed E-state index contributed by atoms with van der Waals surface area (Å²) < 4.78 is 7.03. The third kappa shape index (κ3) is 2.60. The Morgan fingerprint density at radius 2 is 2.33 bits per heavy atom. The van der Waals surface area contributed by atoms with Gasteiger partial charge in [0.25, 0.3) is 0 Å². The summed E-state index contributed by atoms with van der Waals surface area (Å²) in [5.74, 6) is 0.0230.